The van der Waals surface area contributed by atoms with Gasteiger partial charge in [-0.15, -0.1) is 0 Å². The molecule has 0 N–H and O–H groups in total. The maximum Gasteiger partial charge on any atom is 0.343 e. The molecule has 0 spiro atoms. The van der Waals surface area contributed by atoms with Gasteiger partial charge in [0.1, 0.15) is 4.90 Å². The first-order valence-electron chi connectivity index (χ1n) is 8.96. The predicted molar refractivity (Wildman–Crippen MR) is 103 cm³/mol. The minimum atomic E-state index is -4.02. The zero-order chi connectivity index (χ0) is 19.2. The zero-order valence-corrected chi connectivity index (χ0v) is 15.8. The van der Waals surface area contributed by atoms with E-state index in [-0.39, 0.29) is 16.4 Å². The lowest BCUT2D eigenvalue weighted by Gasteiger charge is -2.39. The van der Waals surface area contributed by atoms with E-state index in [1.54, 1.807) is 23.1 Å². The highest BCUT2D eigenvalue weighted by atomic mass is 32.2. The fourth-order valence-electron chi connectivity index (χ4n) is 3.50. The summed E-state index contributed by atoms with van der Waals surface area (Å²) < 4.78 is 27.2. The van der Waals surface area contributed by atoms with E-state index in [0.29, 0.717) is 23.7 Å². The van der Waals surface area contributed by atoms with Crippen molar-refractivity contribution in [3.63, 3.8) is 0 Å². The van der Waals surface area contributed by atoms with Crippen LogP contribution in [-0.4, -0.2) is 26.8 Å². The van der Waals surface area contributed by atoms with Gasteiger partial charge in [0.2, 0.25) is 0 Å². The molecule has 0 unspecified atom stereocenters. The first-order valence-corrected chi connectivity index (χ1v) is 10.4. The minimum Gasteiger partial charge on any atom is -0.295 e. The molecule has 1 aliphatic heterocycles. The van der Waals surface area contributed by atoms with Crippen LogP contribution < -0.4 is 9.21 Å². The van der Waals surface area contributed by atoms with Crippen LogP contribution in [0.1, 0.15) is 36.5 Å². The SMILES string of the molecule is CC(=O)c1ccc(N2C(=O)N(CC3CCC3)c3ccccc3S2(=O)=O)cc1. The van der Waals surface area contributed by atoms with Gasteiger partial charge >= 0.3 is 6.03 Å². The van der Waals surface area contributed by atoms with Crippen LogP contribution in [0.3, 0.4) is 0 Å². The number of fused-ring (bicyclic) bond motifs is 1. The van der Waals surface area contributed by atoms with Crippen LogP contribution in [0, 0.1) is 5.92 Å². The second kappa shape index (κ2) is 6.49. The molecule has 0 bridgehead atoms. The number of hydrogen-bond acceptors (Lipinski definition) is 4. The Morgan fingerprint density at radius 2 is 1.74 bits per heavy atom. The van der Waals surface area contributed by atoms with E-state index in [2.05, 4.69) is 0 Å². The number of carbonyl (C=O) groups is 2. The van der Waals surface area contributed by atoms with E-state index in [9.17, 15) is 18.0 Å². The first-order chi connectivity index (χ1) is 12.9. The number of ketones is 1. The quantitative estimate of drug-likeness (QED) is 0.751. The second-order valence-corrected chi connectivity index (χ2v) is 8.79. The van der Waals surface area contributed by atoms with E-state index in [1.165, 1.54) is 37.3 Å². The molecular formula is C20H20N2O4S. The average molecular weight is 384 g/mol. The van der Waals surface area contributed by atoms with Crippen LogP contribution >= 0.6 is 0 Å². The van der Waals surface area contributed by atoms with Gasteiger partial charge in [-0.1, -0.05) is 18.6 Å². The number of hydrogen-bond donors (Lipinski definition) is 0. The molecule has 140 valence electrons. The molecule has 6 nitrogen and oxygen atoms in total. The number of nitrogens with zero attached hydrogens (tertiary/aromatic N) is 2. The molecule has 7 heteroatoms. The summed E-state index contributed by atoms with van der Waals surface area (Å²) in [4.78, 5) is 26.4. The van der Waals surface area contributed by atoms with Crippen molar-refractivity contribution >= 4 is 33.2 Å². The molecule has 1 heterocycles. The van der Waals surface area contributed by atoms with Crippen LogP contribution in [0.2, 0.25) is 0 Å². The van der Waals surface area contributed by atoms with Crippen LogP contribution in [0.5, 0.6) is 0 Å². The monoisotopic (exact) mass is 384 g/mol. The number of Topliss-reactive ketones (excluding diaryl/α,β-unsaturated/α-hetero) is 1. The van der Waals surface area contributed by atoms with Gasteiger partial charge in [0, 0.05) is 12.1 Å². The molecule has 1 saturated carbocycles. The van der Waals surface area contributed by atoms with E-state index in [0.717, 1.165) is 23.6 Å². The smallest absolute Gasteiger partial charge is 0.295 e. The van der Waals surface area contributed by atoms with E-state index < -0.39 is 16.1 Å². The third kappa shape index (κ3) is 2.92. The summed E-state index contributed by atoms with van der Waals surface area (Å²) in [6.07, 6.45) is 3.24. The molecule has 4 rings (SSSR count). The number of anilines is 2. The highest BCUT2D eigenvalue weighted by Gasteiger charge is 2.43. The molecule has 27 heavy (non-hydrogen) atoms. The normalized spacial score (nSPS) is 18.8. The first kappa shape index (κ1) is 17.7. The van der Waals surface area contributed by atoms with Crippen molar-refractivity contribution in [2.24, 2.45) is 5.92 Å². The number of urea groups is 1. The van der Waals surface area contributed by atoms with Crippen molar-refractivity contribution < 1.29 is 18.0 Å². The largest absolute Gasteiger partial charge is 0.343 e. The standard InChI is InChI=1S/C20H20N2O4S/c1-14(23)16-9-11-17(12-10-16)22-20(24)21(13-15-5-4-6-15)18-7-2-3-8-19(18)27(22,25)26/h2-3,7-12,15H,4-6,13H2,1H3. The van der Waals surface area contributed by atoms with Crippen LogP contribution in [0.15, 0.2) is 53.4 Å². The Labute approximate surface area is 158 Å². The predicted octanol–water partition coefficient (Wildman–Crippen LogP) is 3.82. The van der Waals surface area contributed by atoms with Crippen molar-refractivity contribution in [3.05, 3.63) is 54.1 Å². The summed E-state index contributed by atoms with van der Waals surface area (Å²) in [5.74, 6) is 0.274. The van der Waals surface area contributed by atoms with E-state index in [1.807, 2.05) is 0 Å². The fraction of sp³-hybridized carbons (Fsp3) is 0.300. The van der Waals surface area contributed by atoms with Crippen molar-refractivity contribution in [1.82, 2.24) is 0 Å². The highest BCUT2D eigenvalue weighted by Crippen LogP contribution is 2.39. The lowest BCUT2D eigenvalue weighted by molar-refractivity contribution is 0.101. The van der Waals surface area contributed by atoms with Gasteiger partial charge in [0.15, 0.2) is 5.78 Å². The molecule has 2 aliphatic rings. The van der Waals surface area contributed by atoms with Gasteiger partial charge in [0.05, 0.1) is 11.4 Å². The van der Waals surface area contributed by atoms with Crippen LogP contribution in [-0.2, 0) is 10.0 Å². The Balaban J connectivity index is 1.81. The molecule has 2 aromatic carbocycles. The summed E-state index contributed by atoms with van der Waals surface area (Å²) in [5, 5.41) is 0. The van der Waals surface area contributed by atoms with Gasteiger partial charge in [-0.05, 0) is 62.1 Å². The zero-order valence-electron chi connectivity index (χ0n) is 15.0. The molecule has 0 aromatic heterocycles. The average Bonchev–Trinajstić information content (AvgIpc) is 2.60. The van der Waals surface area contributed by atoms with Crippen LogP contribution in [0.25, 0.3) is 0 Å². The van der Waals surface area contributed by atoms with E-state index >= 15 is 0 Å². The number of sulfonamides is 1. The number of para-hydroxylation sites is 1. The van der Waals surface area contributed by atoms with Crippen molar-refractivity contribution in [2.75, 3.05) is 15.7 Å². The number of amides is 2. The van der Waals surface area contributed by atoms with Crippen molar-refractivity contribution in [1.29, 1.82) is 0 Å². The number of rotatable bonds is 4. The number of carbonyl (C=O) groups excluding carboxylic acids is 2. The summed E-state index contributed by atoms with van der Waals surface area (Å²) >= 11 is 0. The maximum atomic E-state index is 13.2. The Hall–Kier alpha value is -2.67. The molecule has 0 radical (unpaired) electrons. The molecule has 0 saturated heterocycles. The second-order valence-electron chi connectivity index (χ2n) is 7.03. The number of benzene rings is 2. The van der Waals surface area contributed by atoms with Crippen molar-refractivity contribution in [3.8, 4) is 0 Å². The summed E-state index contributed by atoms with van der Waals surface area (Å²) in [7, 11) is -4.02. The topological polar surface area (TPSA) is 74.8 Å². The molecule has 2 aromatic rings. The Kier molecular flexibility index (Phi) is 4.26. The van der Waals surface area contributed by atoms with Gasteiger partial charge in [-0.2, -0.15) is 4.31 Å². The Morgan fingerprint density at radius 3 is 2.33 bits per heavy atom. The van der Waals surface area contributed by atoms with Gasteiger partial charge < -0.3 is 0 Å². The maximum absolute atomic E-state index is 13.2. The Morgan fingerprint density at radius 1 is 1.07 bits per heavy atom. The third-order valence-electron chi connectivity index (χ3n) is 5.25. The highest BCUT2D eigenvalue weighted by molar-refractivity contribution is 7.94. The van der Waals surface area contributed by atoms with Gasteiger partial charge in [-0.25, -0.2) is 13.2 Å². The molecule has 1 fully saturated rings. The molecule has 1 aliphatic carbocycles. The summed E-state index contributed by atoms with van der Waals surface area (Å²) in [6, 6.07) is 12.1. The Bertz CT molecular complexity index is 1010. The van der Waals surface area contributed by atoms with Gasteiger partial charge in [0.25, 0.3) is 10.0 Å². The minimum absolute atomic E-state index is 0.119. The fourth-order valence-corrected chi connectivity index (χ4v) is 5.10. The van der Waals surface area contributed by atoms with Gasteiger partial charge in [-0.3, -0.25) is 9.69 Å². The summed E-state index contributed by atoms with van der Waals surface area (Å²) in [6.45, 7) is 1.95. The summed E-state index contributed by atoms with van der Waals surface area (Å²) in [5.41, 5.74) is 1.14. The molecular weight excluding hydrogens is 364 g/mol. The lowest BCUT2D eigenvalue weighted by Crippen LogP contribution is -2.52. The van der Waals surface area contributed by atoms with Crippen molar-refractivity contribution in [2.45, 2.75) is 31.1 Å². The lowest BCUT2D eigenvalue weighted by atomic mass is 9.85. The third-order valence-corrected chi connectivity index (χ3v) is 7.00. The van der Waals surface area contributed by atoms with E-state index in [4.69, 9.17) is 0 Å². The molecule has 2 amide bonds. The van der Waals surface area contributed by atoms with Crippen LogP contribution in [0.4, 0.5) is 16.2 Å². The molecule has 0 atom stereocenters.